The van der Waals surface area contributed by atoms with Crippen molar-refractivity contribution in [2.24, 2.45) is 0 Å². The maximum Gasteiger partial charge on any atom is 0.283 e. The molecule has 0 radical (unpaired) electrons. The fourth-order valence-electron chi connectivity index (χ4n) is 3.90. The first-order valence-electron chi connectivity index (χ1n) is 10.7. The molecule has 2 amide bonds. The first-order chi connectivity index (χ1) is 16.7. The molecule has 3 aromatic carbocycles. The van der Waals surface area contributed by atoms with Crippen LogP contribution >= 0.6 is 11.3 Å². The minimum Gasteiger partial charge on any atom is -0.435 e. The Morgan fingerprint density at radius 3 is 1.79 bits per heavy atom. The second-order valence-corrected chi connectivity index (χ2v) is 8.73. The number of thiophene rings is 1. The first-order valence-corrected chi connectivity index (χ1v) is 11.5. The summed E-state index contributed by atoms with van der Waals surface area (Å²) in [7, 11) is 0. The van der Waals surface area contributed by atoms with Gasteiger partial charge in [-0.2, -0.15) is 4.98 Å². The van der Waals surface area contributed by atoms with Crippen LogP contribution in [-0.2, 0) is 9.59 Å². The average Bonchev–Trinajstić information content (AvgIpc) is 3.52. The van der Waals surface area contributed by atoms with Gasteiger partial charge in [0.05, 0.1) is 11.4 Å². The molecule has 34 heavy (non-hydrogen) atoms. The lowest BCUT2D eigenvalue weighted by atomic mass is 10.2. The summed E-state index contributed by atoms with van der Waals surface area (Å²) < 4.78 is 5.91. The molecule has 2 aromatic heterocycles. The summed E-state index contributed by atoms with van der Waals surface area (Å²) in [6.45, 7) is 0. The number of oxazole rings is 1. The number of carbonyl (C=O) groups is 2. The van der Waals surface area contributed by atoms with Gasteiger partial charge in [-0.15, -0.1) is 11.3 Å². The summed E-state index contributed by atoms with van der Waals surface area (Å²) >= 11 is 1.38. The van der Waals surface area contributed by atoms with Crippen LogP contribution in [0.5, 0.6) is 0 Å². The summed E-state index contributed by atoms with van der Waals surface area (Å²) in [5.74, 6) is -0.231. The standard InChI is InChI=1S/C27H17N3O3S/c31-26-22(16-21-17-23-25(34-21)28-24(33-23)18-10-4-1-5-11-18)27(32)30(20-14-8-3-9-15-20)29(26)19-12-6-2-7-13-19/h1-17H. The summed E-state index contributed by atoms with van der Waals surface area (Å²) in [6, 6.07) is 29.8. The number of carbonyl (C=O) groups excluding carboxylic acids is 2. The van der Waals surface area contributed by atoms with E-state index in [0.717, 1.165) is 10.4 Å². The Labute approximate surface area is 199 Å². The molecule has 1 aliphatic heterocycles. The molecule has 0 unspecified atom stereocenters. The van der Waals surface area contributed by atoms with Gasteiger partial charge in [0.2, 0.25) is 5.89 Å². The van der Waals surface area contributed by atoms with Gasteiger partial charge in [-0.3, -0.25) is 9.59 Å². The van der Waals surface area contributed by atoms with E-state index in [9.17, 15) is 9.59 Å². The average molecular weight is 464 g/mol. The van der Waals surface area contributed by atoms with Crippen LogP contribution in [-0.4, -0.2) is 16.8 Å². The Bertz CT molecular complexity index is 1450. The van der Waals surface area contributed by atoms with Crippen molar-refractivity contribution in [3.05, 3.63) is 108 Å². The molecule has 1 aliphatic rings. The van der Waals surface area contributed by atoms with Gasteiger partial charge in [0.25, 0.3) is 11.8 Å². The number of para-hydroxylation sites is 2. The predicted molar refractivity (Wildman–Crippen MR) is 133 cm³/mol. The molecule has 0 saturated carbocycles. The fourth-order valence-corrected chi connectivity index (χ4v) is 4.79. The Kier molecular flexibility index (Phi) is 4.82. The van der Waals surface area contributed by atoms with Gasteiger partial charge in [-0.25, -0.2) is 10.0 Å². The summed E-state index contributed by atoms with van der Waals surface area (Å²) in [5, 5.41) is 2.82. The highest BCUT2D eigenvalue weighted by Crippen LogP contribution is 2.35. The lowest BCUT2D eigenvalue weighted by Crippen LogP contribution is -2.41. The van der Waals surface area contributed by atoms with Gasteiger partial charge in [0.15, 0.2) is 10.4 Å². The zero-order valence-electron chi connectivity index (χ0n) is 17.8. The molecule has 3 heterocycles. The van der Waals surface area contributed by atoms with E-state index in [2.05, 4.69) is 4.98 Å². The van der Waals surface area contributed by atoms with E-state index < -0.39 is 0 Å². The predicted octanol–water partition coefficient (Wildman–Crippen LogP) is 5.93. The molecule has 164 valence electrons. The Hall–Kier alpha value is -4.49. The number of benzene rings is 3. The van der Waals surface area contributed by atoms with E-state index in [-0.39, 0.29) is 17.4 Å². The third-order valence-corrected chi connectivity index (χ3v) is 6.42. The molecule has 0 atom stereocenters. The van der Waals surface area contributed by atoms with Crippen LogP contribution < -0.4 is 10.0 Å². The summed E-state index contributed by atoms with van der Waals surface area (Å²) in [6.07, 6.45) is 1.62. The highest BCUT2D eigenvalue weighted by atomic mass is 32.1. The minimum atomic E-state index is -0.386. The number of amides is 2. The topological polar surface area (TPSA) is 66.7 Å². The van der Waals surface area contributed by atoms with Gasteiger partial charge in [-0.05, 0) is 42.5 Å². The third kappa shape index (κ3) is 3.39. The van der Waals surface area contributed by atoms with Crippen molar-refractivity contribution in [3.63, 3.8) is 0 Å². The third-order valence-electron chi connectivity index (χ3n) is 5.46. The summed E-state index contributed by atoms with van der Waals surface area (Å²) in [5.41, 5.74) is 2.82. The first kappa shape index (κ1) is 20.1. The molecule has 0 bridgehead atoms. The normalized spacial score (nSPS) is 13.8. The molecule has 0 aliphatic carbocycles. The van der Waals surface area contributed by atoms with Crippen molar-refractivity contribution in [1.82, 2.24) is 4.98 Å². The molecule has 0 spiro atoms. The number of anilines is 2. The quantitative estimate of drug-likeness (QED) is 0.245. The van der Waals surface area contributed by atoms with Crippen molar-refractivity contribution in [2.75, 3.05) is 10.0 Å². The van der Waals surface area contributed by atoms with Gasteiger partial charge in [0, 0.05) is 16.5 Å². The number of hydrogen-bond acceptors (Lipinski definition) is 5. The number of hydrogen-bond donors (Lipinski definition) is 0. The van der Waals surface area contributed by atoms with E-state index >= 15 is 0 Å². The van der Waals surface area contributed by atoms with Gasteiger partial charge < -0.3 is 4.42 Å². The molecular formula is C27H17N3O3S. The van der Waals surface area contributed by atoms with Gasteiger partial charge >= 0.3 is 0 Å². The Balaban J connectivity index is 1.40. The molecule has 5 aromatic rings. The van der Waals surface area contributed by atoms with Crippen LogP contribution in [0.2, 0.25) is 0 Å². The second kappa shape index (κ2) is 8.13. The van der Waals surface area contributed by atoms with Crippen molar-refractivity contribution in [1.29, 1.82) is 0 Å². The number of fused-ring (bicyclic) bond motifs is 1. The molecular weight excluding hydrogens is 446 g/mol. The molecule has 1 fully saturated rings. The lowest BCUT2D eigenvalue weighted by Gasteiger charge is -2.27. The van der Waals surface area contributed by atoms with Crippen molar-refractivity contribution >= 4 is 51.0 Å². The number of aromatic nitrogens is 1. The van der Waals surface area contributed by atoms with E-state index in [1.165, 1.54) is 21.4 Å². The van der Waals surface area contributed by atoms with Crippen LogP contribution in [0.1, 0.15) is 4.88 Å². The van der Waals surface area contributed by atoms with Crippen LogP contribution in [0.15, 0.2) is 107 Å². The lowest BCUT2D eigenvalue weighted by molar-refractivity contribution is -0.116. The highest BCUT2D eigenvalue weighted by molar-refractivity contribution is 7.19. The van der Waals surface area contributed by atoms with Crippen molar-refractivity contribution < 1.29 is 14.0 Å². The maximum absolute atomic E-state index is 13.5. The van der Waals surface area contributed by atoms with Crippen molar-refractivity contribution in [3.8, 4) is 11.5 Å². The zero-order chi connectivity index (χ0) is 23.1. The molecule has 1 saturated heterocycles. The molecule has 0 N–H and O–H groups in total. The van der Waals surface area contributed by atoms with E-state index in [0.29, 0.717) is 27.7 Å². The largest absolute Gasteiger partial charge is 0.435 e. The smallest absolute Gasteiger partial charge is 0.283 e. The van der Waals surface area contributed by atoms with Crippen LogP contribution in [0.3, 0.4) is 0 Å². The van der Waals surface area contributed by atoms with Crippen molar-refractivity contribution in [2.45, 2.75) is 0 Å². The van der Waals surface area contributed by atoms with E-state index in [1.807, 2.05) is 72.8 Å². The molecule has 6 nitrogen and oxygen atoms in total. The number of nitrogens with zero attached hydrogens (tertiary/aromatic N) is 3. The van der Waals surface area contributed by atoms with Gasteiger partial charge in [-0.1, -0.05) is 54.6 Å². The van der Waals surface area contributed by atoms with E-state index in [1.54, 1.807) is 30.3 Å². The SMILES string of the molecule is O=C1C(=Cc2cc3oc(-c4ccccc4)nc3s2)C(=O)N(c2ccccc2)N1c1ccccc1. The van der Waals surface area contributed by atoms with Crippen LogP contribution in [0, 0.1) is 0 Å². The second-order valence-electron chi connectivity index (χ2n) is 7.67. The Morgan fingerprint density at radius 1 is 0.735 bits per heavy atom. The van der Waals surface area contributed by atoms with E-state index in [4.69, 9.17) is 4.42 Å². The molecule has 6 rings (SSSR count). The summed E-state index contributed by atoms with van der Waals surface area (Å²) in [4.78, 5) is 32.9. The van der Waals surface area contributed by atoms with Crippen LogP contribution in [0.4, 0.5) is 11.4 Å². The number of hydrazine groups is 1. The fraction of sp³-hybridized carbons (Fsp3) is 0. The monoisotopic (exact) mass is 463 g/mol. The minimum absolute atomic E-state index is 0.0832. The Morgan fingerprint density at radius 2 is 1.26 bits per heavy atom. The maximum atomic E-state index is 13.5. The zero-order valence-corrected chi connectivity index (χ0v) is 18.6. The highest BCUT2D eigenvalue weighted by Gasteiger charge is 2.42. The molecule has 7 heteroatoms. The van der Waals surface area contributed by atoms with Crippen LogP contribution in [0.25, 0.3) is 27.9 Å². The number of rotatable bonds is 4. The van der Waals surface area contributed by atoms with Gasteiger partial charge in [0.1, 0.15) is 5.57 Å².